The molecule has 0 aliphatic heterocycles. The first-order valence-electron chi connectivity index (χ1n) is 13.9. The van der Waals surface area contributed by atoms with Gasteiger partial charge in [0.15, 0.2) is 0 Å². The zero-order chi connectivity index (χ0) is 25.4. The Bertz CT molecular complexity index is 529. The van der Waals surface area contributed by atoms with Crippen LogP contribution in [-0.4, -0.2) is 18.9 Å². The van der Waals surface area contributed by atoms with Crippen LogP contribution in [0.25, 0.3) is 0 Å². The minimum absolute atomic E-state index is 0.163. The maximum Gasteiger partial charge on any atom is 0.302 e. The Morgan fingerprint density at radius 3 is 1.68 bits per heavy atom. The number of hydrogen-bond acceptors (Lipinski definition) is 3. The van der Waals surface area contributed by atoms with Crippen molar-refractivity contribution in [3.63, 3.8) is 0 Å². The largest absolute Gasteiger partial charge is 0.466 e. The van der Waals surface area contributed by atoms with Crippen LogP contribution in [0, 0.1) is 0 Å². The molecule has 3 nitrogen and oxygen atoms in total. The minimum atomic E-state index is -0.163. The molecule has 196 valence electrons. The average Bonchev–Trinajstić information content (AvgIpc) is 2.83. The predicted octanol–water partition coefficient (Wildman–Crippen LogP) is 9.63. The van der Waals surface area contributed by atoms with Crippen LogP contribution in [0.4, 0.5) is 0 Å². The summed E-state index contributed by atoms with van der Waals surface area (Å²) in [5.41, 5.74) is 0. The molecule has 0 rings (SSSR count). The minimum Gasteiger partial charge on any atom is -0.466 e. The van der Waals surface area contributed by atoms with Crippen LogP contribution in [0.2, 0.25) is 0 Å². The summed E-state index contributed by atoms with van der Waals surface area (Å²) in [6.45, 7) is 6.28. The number of rotatable bonds is 22. The Labute approximate surface area is 211 Å². The Morgan fingerprint density at radius 2 is 1.12 bits per heavy atom. The van der Waals surface area contributed by atoms with Gasteiger partial charge in [-0.05, 0) is 51.9 Å². The van der Waals surface area contributed by atoms with Gasteiger partial charge in [-0.3, -0.25) is 4.79 Å². The van der Waals surface area contributed by atoms with Gasteiger partial charge in [0.05, 0.1) is 6.61 Å². The zero-order valence-electron chi connectivity index (χ0n) is 22.6. The summed E-state index contributed by atoms with van der Waals surface area (Å²) in [4.78, 5) is 20.6. The van der Waals surface area contributed by atoms with E-state index in [4.69, 9.17) is 4.74 Å². The summed E-state index contributed by atoms with van der Waals surface area (Å²) < 4.78 is 4.88. The van der Waals surface area contributed by atoms with E-state index < -0.39 is 0 Å². The molecule has 0 amide bonds. The van der Waals surface area contributed by atoms with Crippen LogP contribution in [0.1, 0.15) is 130 Å². The number of carbonyl (C=O) groups excluding carboxylic acids is 2. The predicted molar refractivity (Wildman–Crippen MR) is 149 cm³/mol. The van der Waals surface area contributed by atoms with Gasteiger partial charge >= 0.3 is 5.97 Å². The van der Waals surface area contributed by atoms with E-state index in [1.165, 1.54) is 96.8 Å². The van der Waals surface area contributed by atoms with Crippen molar-refractivity contribution < 1.29 is 14.3 Å². The van der Waals surface area contributed by atoms with Crippen molar-refractivity contribution in [2.45, 2.75) is 130 Å². The number of hydrogen-bond donors (Lipinski definition) is 0. The van der Waals surface area contributed by atoms with E-state index in [9.17, 15) is 9.59 Å². The number of unbranched alkanes of at least 4 members (excludes halogenated alkanes) is 14. The first-order chi connectivity index (χ1) is 16.7. The summed E-state index contributed by atoms with van der Waals surface area (Å²) in [5, 5.41) is 0. The SMILES string of the molecule is CCC/C=C\CCCCCCCCOC(C)=O.C\C=C/C=C/C=C/CCCCCCCCC=O. The molecular formula is C31H54O3. The second-order valence-corrected chi connectivity index (χ2v) is 8.71. The molecule has 0 aromatic carbocycles. The lowest BCUT2D eigenvalue weighted by Crippen LogP contribution is -1.99. The summed E-state index contributed by atoms with van der Waals surface area (Å²) in [5.74, 6) is -0.163. The molecule has 0 fully saturated rings. The second-order valence-electron chi connectivity index (χ2n) is 8.71. The van der Waals surface area contributed by atoms with E-state index in [1.54, 1.807) is 0 Å². The second kappa shape index (κ2) is 33.3. The number of allylic oxidation sites excluding steroid dienone is 8. The van der Waals surface area contributed by atoms with E-state index in [2.05, 4.69) is 37.3 Å². The van der Waals surface area contributed by atoms with Crippen molar-refractivity contribution in [1.82, 2.24) is 0 Å². The summed E-state index contributed by atoms with van der Waals surface area (Å²) in [6.07, 6.45) is 38.6. The van der Waals surface area contributed by atoms with E-state index in [-0.39, 0.29) is 5.97 Å². The molecule has 0 saturated heterocycles. The van der Waals surface area contributed by atoms with Gasteiger partial charge in [0, 0.05) is 13.3 Å². The highest BCUT2D eigenvalue weighted by molar-refractivity contribution is 5.65. The number of ether oxygens (including phenoxy) is 1. The third-order valence-corrected chi connectivity index (χ3v) is 5.30. The highest BCUT2D eigenvalue weighted by atomic mass is 16.5. The quantitative estimate of drug-likeness (QED) is 0.0515. The van der Waals surface area contributed by atoms with Crippen molar-refractivity contribution in [3.8, 4) is 0 Å². The van der Waals surface area contributed by atoms with Crippen LogP contribution in [0.3, 0.4) is 0 Å². The van der Waals surface area contributed by atoms with Gasteiger partial charge in [-0.25, -0.2) is 0 Å². The summed E-state index contributed by atoms with van der Waals surface area (Å²) >= 11 is 0. The molecular weight excluding hydrogens is 420 g/mol. The molecule has 0 atom stereocenters. The van der Waals surface area contributed by atoms with Gasteiger partial charge in [0.1, 0.15) is 6.29 Å². The number of aldehydes is 1. The fourth-order valence-corrected chi connectivity index (χ4v) is 3.30. The van der Waals surface area contributed by atoms with Gasteiger partial charge in [-0.2, -0.15) is 0 Å². The highest BCUT2D eigenvalue weighted by Gasteiger charge is 1.94. The smallest absolute Gasteiger partial charge is 0.302 e. The third kappa shape index (κ3) is 37.4. The molecule has 0 heterocycles. The average molecular weight is 475 g/mol. The van der Waals surface area contributed by atoms with Gasteiger partial charge in [-0.1, -0.05) is 113 Å². The maximum atomic E-state index is 10.5. The fraction of sp³-hybridized carbons (Fsp3) is 0.677. The Balaban J connectivity index is 0. The van der Waals surface area contributed by atoms with Gasteiger partial charge in [0.2, 0.25) is 0 Å². The molecule has 0 saturated carbocycles. The van der Waals surface area contributed by atoms with Crippen LogP contribution in [0.5, 0.6) is 0 Å². The molecule has 34 heavy (non-hydrogen) atoms. The van der Waals surface area contributed by atoms with E-state index >= 15 is 0 Å². The fourth-order valence-electron chi connectivity index (χ4n) is 3.30. The van der Waals surface area contributed by atoms with Gasteiger partial charge in [-0.15, -0.1) is 0 Å². The molecule has 0 aliphatic carbocycles. The monoisotopic (exact) mass is 474 g/mol. The van der Waals surface area contributed by atoms with Crippen molar-refractivity contribution in [2.24, 2.45) is 0 Å². The normalized spacial score (nSPS) is 11.5. The summed E-state index contributed by atoms with van der Waals surface area (Å²) in [6, 6.07) is 0. The topological polar surface area (TPSA) is 43.4 Å². The molecule has 3 heteroatoms. The van der Waals surface area contributed by atoms with Crippen molar-refractivity contribution in [2.75, 3.05) is 6.61 Å². The van der Waals surface area contributed by atoms with Gasteiger partial charge in [0.25, 0.3) is 0 Å². The summed E-state index contributed by atoms with van der Waals surface area (Å²) in [7, 11) is 0. The Hall–Kier alpha value is -1.90. The third-order valence-electron chi connectivity index (χ3n) is 5.30. The van der Waals surface area contributed by atoms with E-state index in [1.807, 2.05) is 25.2 Å². The number of carbonyl (C=O) groups is 2. The molecule has 0 radical (unpaired) electrons. The zero-order valence-corrected chi connectivity index (χ0v) is 22.6. The molecule has 0 aromatic heterocycles. The lowest BCUT2D eigenvalue weighted by Gasteiger charge is -2.02. The molecule has 0 spiro atoms. The van der Waals surface area contributed by atoms with Crippen molar-refractivity contribution in [3.05, 3.63) is 48.6 Å². The van der Waals surface area contributed by atoms with Crippen LogP contribution >= 0.6 is 0 Å². The first kappa shape index (κ1) is 34.3. The van der Waals surface area contributed by atoms with Crippen molar-refractivity contribution >= 4 is 12.3 Å². The molecule has 0 bridgehead atoms. The molecule has 0 aliphatic rings. The molecule has 0 N–H and O–H groups in total. The van der Waals surface area contributed by atoms with Crippen LogP contribution in [-0.2, 0) is 14.3 Å². The van der Waals surface area contributed by atoms with E-state index in [0.717, 1.165) is 25.5 Å². The van der Waals surface area contributed by atoms with Crippen LogP contribution in [0.15, 0.2) is 48.6 Å². The van der Waals surface area contributed by atoms with Crippen molar-refractivity contribution in [1.29, 1.82) is 0 Å². The lowest BCUT2D eigenvalue weighted by atomic mass is 10.1. The maximum absolute atomic E-state index is 10.5. The first-order valence-corrected chi connectivity index (χ1v) is 13.9. The Morgan fingerprint density at radius 1 is 0.618 bits per heavy atom. The van der Waals surface area contributed by atoms with Gasteiger partial charge < -0.3 is 9.53 Å². The lowest BCUT2D eigenvalue weighted by molar-refractivity contribution is -0.141. The standard InChI is InChI=1S/C16H26O.C15H28O2/c1-2-3-4-5-6-7-8-9-10-11-12-13-14-15-16-17;1-3-4-5-6-7-8-9-10-11-12-13-14-17-15(2)16/h2-7,16H,8-15H2,1H3;5-6H,3-4,7-14H2,1-2H3/b3-2-,5-4+,7-6+;6-5-. The number of esters is 1. The molecule has 0 aromatic rings. The van der Waals surface area contributed by atoms with Crippen LogP contribution < -0.4 is 0 Å². The highest BCUT2D eigenvalue weighted by Crippen LogP contribution is 2.09. The van der Waals surface area contributed by atoms with E-state index in [0.29, 0.717) is 6.61 Å². The molecule has 0 unspecified atom stereocenters. The Kier molecular flexibility index (Phi) is 33.5.